The fourth-order valence-electron chi connectivity index (χ4n) is 1.21. The summed E-state index contributed by atoms with van der Waals surface area (Å²) in [7, 11) is 0. The Bertz CT molecular complexity index is 384. The molecule has 0 amide bonds. The maximum absolute atomic E-state index is 5.62. The number of benzene rings is 2. The van der Waals surface area contributed by atoms with Crippen molar-refractivity contribution < 1.29 is 1.43 Å². The summed E-state index contributed by atoms with van der Waals surface area (Å²) < 4.78 is 0. The second-order valence-electron chi connectivity index (χ2n) is 2.61. The van der Waals surface area contributed by atoms with Crippen LogP contribution in [0.25, 0.3) is 10.8 Å². The summed E-state index contributed by atoms with van der Waals surface area (Å²) in [5.41, 5.74) is 6.45. The third kappa shape index (κ3) is 1.05. The van der Waals surface area contributed by atoms with Crippen molar-refractivity contribution in [2.24, 2.45) is 0 Å². The van der Waals surface area contributed by atoms with Gasteiger partial charge in [0.1, 0.15) is 0 Å². The zero-order chi connectivity index (χ0) is 7.68. The van der Waals surface area contributed by atoms with Gasteiger partial charge in [0, 0.05) is 5.69 Å². The van der Waals surface area contributed by atoms with Crippen molar-refractivity contribution in [1.82, 2.24) is 0 Å². The number of fused-ring (bicyclic) bond motifs is 1. The summed E-state index contributed by atoms with van der Waals surface area (Å²) in [6.45, 7) is 0. The van der Waals surface area contributed by atoms with E-state index in [0.717, 1.165) is 5.69 Å². The lowest BCUT2D eigenvalue weighted by molar-refractivity contribution is 1.73. The lowest BCUT2D eigenvalue weighted by atomic mass is 10.1. The molecule has 1 heteroatoms. The molecule has 2 N–H and O–H groups in total. The van der Waals surface area contributed by atoms with Crippen molar-refractivity contribution in [3.8, 4) is 0 Å². The summed E-state index contributed by atoms with van der Waals surface area (Å²) >= 11 is 0. The van der Waals surface area contributed by atoms with Crippen LogP contribution in [0.4, 0.5) is 5.69 Å². The second kappa shape index (κ2) is 2.27. The topological polar surface area (TPSA) is 26.0 Å². The van der Waals surface area contributed by atoms with Crippen LogP contribution in [-0.2, 0) is 0 Å². The fraction of sp³-hybridized carbons (Fsp3) is 0. The van der Waals surface area contributed by atoms with Crippen LogP contribution < -0.4 is 5.73 Å². The van der Waals surface area contributed by atoms with Gasteiger partial charge < -0.3 is 5.73 Å². The lowest BCUT2D eigenvalue weighted by Crippen LogP contribution is -1.82. The Morgan fingerprint density at radius 3 is 2.45 bits per heavy atom. The van der Waals surface area contributed by atoms with E-state index in [9.17, 15) is 0 Å². The monoisotopic (exact) mass is 144 g/mol. The van der Waals surface area contributed by atoms with Gasteiger partial charge in [0.05, 0.1) is 0 Å². The van der Waals surface area contributed by atoms with Gasteiger partial charge in [-0.15, -0.1) is 0 Å². The minimum Gasteiger partial charge on any atom is -0.399 e. The van der Waals surface area contributed by atoms with E-state index in [2.05, 4.69) is 12.1 Å². The van der Waals surface area contributed by atoms with Crippen LogP contribution >= 0.6 is 0 Å². The molecule has 54 valence electrons. The van der Waals surface area contributed by atoms with E-state index in [0.29, 0.717) is 0 Å². The number of nitrogens with two attached hydrogens (primary N) is 1. The number of hydrogen-bond donors (Lipinski definition) is 1. The first-order valence-corrected chi connectivity index (χ1v) is 3.60. The third-order valence-corrected chi connectivity index (χ3v) is 1.77. The molecule has 0 fully saturated rings. The van der Waals surface area contributed by atoms with Crippen molar-refractivity contribution in [1.29, 1.82) is 0 Å². The standard InChI is InChI=1S/C10H9N/c11-10-6-5-8-3-1-2-4-9(8)7-10/h1-7H,11H2/p+1. The Balaban J connectivity index is 0.000000720. The van der Waals surface area contributed by atoms with E-state index in [1.807, 2.05) is 30.3 Å². The van der Waals surface area contributed by atoms with Crippen LogP contribution in [0.5, 0.6) is 0 Å². The maximum atomic E-state index is 5.62. The molecule has 2 rings (SSSR count). The van der Waals surface area contributed by atoms with Crippen molar-refractivity contribution in [3.63, 3.8) is 0 Å². The van der Waals surface area contributed by atoms with Gasteiger partial charge >= 0.3 is 1.43 Å². The van der Waals surface area contributed by atoms with Gasteiger partial charge in [-0.3, -0.25) is 0 Å². The predicted octanol–water partition coefficient (Wildman–Crippen LogP) is 2.53. The van der Waals surface area contributed by atoms with E-state index in [4.69, 9.17) is 5.73 Å². The molecule has 0 spiro atoms. The lowest BCUT2D eigenvalue weighted by Gasteiger charge is -1.96. The minimum absolute atomic E-state index is 0. The van der Waals surface area contributed by atoms with Crippen LogP contribution in [0.1, 0.15) is 1.43 Å². The minimum atomic E-state index is 0. The zero-order valence-corrected chi connectivity index (χ0v) is 6.12. The quantitative estimate of drug-likeness (QED) is 0.565. The molecule has 0 aliphatic carbocycles. The SMILES string of the molecule is Nc1ccc2ccccc2c1.[H+]. The van der Waals surface area contributed by atoms with Gasteiger partial charge in [-0.1, -0.05) is 30.3 Å². The Morgan fingerprint density at radius 1 is 0.909 bits per heavy atom. The molecule has 11 heavy (non-hydrogen) atoms. The molecule has 0 saturated carbocycles. The highest BCUT2D eigenvalue weighted by Gasteiger charge is 1.89. The fourth-order valence-corrected chi connectivity index (χ4v) is 1.21. The Labute approximate surface area is 66.9 Å². The maximum Gasteiger partial charge on any atom is 1.00 e. The Morgan fingerprint density at radius 2 is 1.64 bits per heavy atom. The summed E-state index contributed by atoms with van der Waals surface area (Å²) in [5.74, 6) is 0. The first-order chi connectivity index (χ1) is 5.36. The van der Waals surface area contributed by atoms with Crippen LogP contribution in [0.15, 0.2) is 42.5 Å². The van der Waals surface area contributed by atoms with Gasteiger partial charge in [0.2, 0.25) is 0 Å². The van der Waals surface area contributed by atoms with Crippen molar-refractivity contribution in [3.05, 3.63) is 42.5 Å². The summed E-state index contributed by atoms with van der Waals surface area (Å²) in [5, 5.41) is 2.44. The van der Waals surface area contributed by atoms with Crippen molar-refractivity contribution >= 4 is 16.5 Å². The highest BCUT2D eigenvalue weighted by Crippen LogP contribution is 2.15. The average Bonchev–Trinajstić information content (AvgIpc) is 2.04. The predicted molar refractivity (Wildman–Crippen MR) is 49.5 cm³/mol. The molecule has 0 atom stereocenters. The molecule has 0 unspecified atom stereocenters. The van der Waals surface area contributed by atoms with Crippen LogP contribution in [-0.4, -0.2) is 0 Å². The second-order valence-corrected chi connectivity index (χ2v) is 2.61. The van der Waals surface area contributed by atoms with E-state index < -0.39 is 0 Å². The Kier molecular flexibility index (Phi) is 1.29. The normalized spacial score (nSPS) is 10.2. The molecule has 2 aromatic rings. The van der Waals surface area contributed by atoms with Crippen LogP contribution in [0.3, 0.4) is 0 Å². The van der Waals surface area contributed by atoms with Gasteiger partial charge in [-0.25, -0.2) is 0 Å². The molecule has 0 radical (unpaired) electrons. The highest BCUT2D eigenvalue weighted by molar-refractivity contribution is 5.85. The molecule has 0 saturated heterocycles. The first kappa shape index (κ1) is 6.23. The first-order valence-electron chi connectivity index (χ1n) is 3.60. The molecule has 0 heterocycles. The summed E-state index contributed by atoms with van der Waals surface area (Å²) in [6, 6.07) is 14.1. The van der Waals surface area contributed by atoms with Crippen LogP contribution in [0.2, 0.25) is 0 Å². The smallest absolute Gasteiger partial charge is 0.399 e. The average molecular weight is 144 g/mol. The largest absolute Gasteiger partial charge is 1.00 e. The van der Waals surface area contributed by atoms with E-state index in [1.54, 1.807) is 0 Å². The molecule has 0 aromatic heterocycles. The molecule has 0 bridgehead atoms. The van der Waals surface area contributed by atoms with Gasteiger partial charge in [-0.05, 0) is 22.9 Å². The molecular weight excluding hydrogens is 134 g/mol. The molecule has 0 aliphatic rings. The van der Waals surface area contributed by atoms with E-state index in [-0.39, 0.29) is 1.43 Å². The number of rotatable bonds is 0. The van der Waals surface area contributed by atoms with E-state index >= 15 is 0 Å². The van der Waals surface area contributed by atoms with Gasteiger partial charge in [0.25, 0.3) is 0 Å². The molecular formula is C10H10N+. The molecule has 2 aromatic carbocycles. The van der Waals surface area contributed by atoms with Gasteiger partial charge in [-0.2, -0.15) is 0 Å². The summed E-state index contributed by atoms with van der Waals surface area (Å²) in [6.07, 6.45) is 0. The van der Waals surface area contributed by atoms with Crippen molar-refractivity contribution in [2.45, 2.75) is 0 Å². The number of anilines is 1. The Hall–Kier alpha value is -1.50. The van der Waals surface area contributed by atoms with Gasteiger partial charge in [0.15, 0.2) is 0 Å². The van der Waals surface area contributed by atoms with Crippen LogP contribution in [0, 0.1) is 0 Å². The van der Waals surface area contributed by atoms with E-state index in [1.165, 1.54) is 10.8 Å². The number of hydrogen-bond acceptors (Lipinski definition) is 1. The number of nitrogen functional groups attached to an aromatic ring is 1. The molecule has 1 nitrogen and oxygen atoms in total. The highest BCUT2D eigenvalue weighted by atomic mass is 14.5. The third-order valence-electron chi connectivity index (χ3n) is 1.77. The molecule has 0 aliphatic heterocycles. The van der Waals surface area contributed by atoms with Crippen molar-refractivity contribution in [2.75, 3.05) is 5.73 Å². The summed E-state index contributed by atoms with van der Waals surface area (Å²) in [4.78, 5) is 0. The zero-order valence-electron chi connectivity index (χ0n) is 7.12.